The molecule has 1 N–H and O–H groups in total. The molecule has 0 amide bonds. The number of rotatable bonds is 8. The number of aliphatic carboxylic acids is 1. The lowest BCUT2D eigenvalue weighted by atomic mass is 9.90. The van der Waals surface area contributed by atoms with Crippen molar-refractivity contribution in [1.29, 1.82) is 0 Å². The van der Waals surface area contributed by atoms with Gasteiger partial charge in [0, 0.05) is 6.08 Å². The van der Waals surface area contributed by atoms with Gasteiger partial charge in [0.15, 0.2) is 0 Å². The maximum Gasteiger partial charge on any atom is 0.460 e. The average molecular weight is 572 g/mol. The molecule has 210 valence electrons. The molecule has 0 saturated heterocycles. The third-order valence-corrected chi connectivity index (χ3v) is 4.38. The van der Waals surface area contributed by atoms with Gasteiger partial charge in [-0.15, -0.1) is 0 Å². The van der Waals surface area contributed by atoms with Gasteiger partial charge in [0.1, 0.15) is 0 Å². The monoisotopic (exact) mass is 572 g/mol. The van der Waals surface area contributed by atoms with Crippen molar-refractivity contribution >= 4 is 17.3 Å². The molecule has 2 rings (SSSR count). The van der Waals surface area contributed by atoms with Gasteiger partial charge in [-0.3, -0.25) is 0 Å². The van der Waals surface area contributed by atoms with E-state index >= 15 is 0 Å². The van der Waals surface area contributed by atoms with Crippen LogP contribution in [0.15, 0.2) is 77.5 Å². The van der Waals surface area contributed by atoms with Gasteiger partial charge in [-0.2, -0.15) is 67.3 Å². The molecule has 0 fully saturated rings. The summed E-state index contributed by atoms with van der Waals surface area (Å²) < 4.78 is 174. The fourth-order valence-corrected chi connectivity index (χ4v) is 2.37. The van der Waals surface area contributed by atoms with Crippen LogP contribution in [0.5, 0.6) is 0 Å². The molecule has 0 aromatic heterocycles. The second-order valence-electron chi connectivity index (χ2n) is 6.96. The van der Waals surface area contributed by atoms with Gasteiger partial charge in [0.25, 0.3) is 0 Å². The minimum Gasteiger partial charge on any atom is -0.478 e. The van der Waals surface area contributed by atoms with E-state index < -0.39 is 53.0 Å². The lowest BCUT2D eigenvalue weighted by Gasteiger charge is -2.39. The first-order chi connectivity index (χ1) is 17.1. The van der Waals surface area contributed by atoms with Gasteiger partial charge < -0.3 is 5.11 Å². The number of halogens is 13. The molecule has 0 heterocycles. The van der Waals surface area contributed by atoms with Crippen LogP contribution in [0.2, 0.25) is 0 Å². The summed E-state index contributed by atoms with van der Waals surface area (Å²) in [5.74, 6) is -38.5. The van der Waals surface area contributed by atoms with Crippen molar-refractivity contribution in [3.63, 3.8) is 0 Å². The summed E-state index contributed by atoms with van der Waals surface area (Å²) in [6.07, 6.45) is -6.63. The highest BCUT2D eigenvalue weighted by Gasteiger charge is 2.91. The Morgan fingerprint density at radius 3 is 1.53 bits per heavy atom. The summed E-state index contributed by atoms with van der Waals surface area (Å²) in [5.41, 5.74) is -3.50. The topological polar surface area (TPSA) is 62.0 Å². The molecule has 0 radical (unpaired) electrons. The Kier molecular flexibility index (Phi) is 9.36. The third kappa shape index (κ3) is 5.91. The van der Waals surface area contributed by atoms with Crippen molar-refractivity contribution in [3.05, 3.63) is 72.8 Å². The Hall–Kier alpha value is -3.66. The zero-order valence-corrected chi connectivity index (χ0v) is 18.1. The average Bonchev–Trinajstić information content (AvgIpc) is 2.82. The van der Waals surface area contributed by atoms with E-state index in [0.29, 0.717) is 12.1 Å². The Labute approximate surface area is 204 Å². The second-order valence-corrected chi connectivity index (χ2v) is 6.96. The highest BCUT2D eigenvalue weighted by molar-refractivity contribution is 5.78. The first-order valence-electron chi connectivity index (χ1n) is 9.47. The molecule has 2 aromatic carbocycles. The molecule has 0 spiro atoms. The van der Waals surface area contributed by atoms with E-state index in [1.807, 2.05) is 0 Å². The van der Waals surface area contributed by atoms with Crippen molar-refractivity contribution in [1.82, 2.24) is 0 Å². The van der Waals surface area contributed by atoms with Crippen molar-refractivity contribution in [2.24, 2.45) is 10.2 Å². The van der Waals surface area contributed by atoms with Gasteiger partial charge in [-0.25, -0.2) is 4.79 Å². The van der Waals surface area contributed by atoms with E-state index in [1.165, 1.54) is 30.3 Å². The van der Waals surface area contributed by atoms with Crippen LogP contribution in [0, 0.1) is 0 Å². The number of carbonyl (C=O) groups is 1. The summed E-state index contributed by atoms with van der Waals surface area (Å²) >= 11 is 0. The van der Waals surface area contributed by atoms with Crippen LogP contribution in [0.25, 0.3) is 0 Å². The van der Waals surface area contributed by atoms with Gasteiger partial charge in [0.2, 0.25) is 0 Å². The summed E-state index contributed by atoms with van der Waals surface area (Å²) in [4.78, 5) is 9.25. The first kappa shape index (κ1) is 32.4. The number of nitrogens with zero attached hydrogens (tertiary/aromatic N) is 2. The maximum absolute atomic E-state index is 14.4. The molecule has 0 aliphatic heterocycles. The minimum absolute atomic E-state index is 0.0172. The smallest absolute Gasteiger partial charge is 0.460 e. The van der Waals surface area contributed by atoms with E-state index in [1.54, 1.807) is 0 Å². The minimum atomic E-state index is -7.97. The van der Waals surface area contributed by atoms with E-state index in [-0.39, 0.29) is 11.8 Å². The van der Waals surface area contributed by atoms with Gasteiger partial charge in [-0.05, 0) is 18.2 Å². The lowest BCUT2D eigenvalue weighted by molar-refractivity contribution is -0.441. The van der Waals surface area contributed by atoms with Crippen LogP contribution in [0.3, 0.4) is 0 Å². The van der Waals surface area contributed by atoms with Crippen LogP contribution >= 0.6 is 0 Å². The molecule has 0 atom stereocenters. The van der Waals surface area contributed by atoms with Crippen LogP contribution in [-0.4, -0.2) is 40.9 Å². The first-order valence-corrected chi connectivity index (χ1v) is 9.47. The van der Waals surface area contributed by atoms with Crippen molar-refractivity contribution in [3.8, 4) is 0 Å². The number of hydrogen-bond donors (Lipinski definition) is 1. The zero-order valence-electron chi connectivity index (χ0n) is 18.1. The van der Waals surface area contributed by atoms with Crippen LogP contribution in [0.4, 0.5) is 68.5 Å². The molecule has 4 nitrogen and oxygen atoms in total. The number of carboxylic acids is 1. The molecule has 0 saturated carbocycles. The molecule has 38 heavy (non-hydrogen) atoms. The summed E-state index contributed by atoms with van der Waals surface area (Å²) in [6.45, 7) is 2.96. The van der Waals surface area contributed by atoms with Crippen LogP contribution in [0.1, 0.15) is 5.56 Å². The van der Waals surface area contributed by atoms with Crippen molar-refractivity contribution < 1.29 is 67.0 Å². The standard InChI is InChI=1S/C18H9F13N2.C3H4O2/c19-13(20,11-8-4-5-9-12(11)33-32-10-6-2-1-3-7-10)14(21,22)15(23,24)16(25,26)17(27,28)18(29,30)31;1-2-3(4)5/h1-9H;2H,1H2,(H,4,5). The highest BCUT2D eigenvalue weighted by Crippen LogP contribution is 2.62. The lowest BCUT2D eigenvalue weighted by Crippen LogP contribution is -2.69. The highest BCUT2D eigenvalue weighted by atomic mass is 19.4. The van der Waals surface area contributed by atoms with Crippen molar-refractivity contribution in [2.75, 3.05) is 0 Å². The molecule has 0 bridgehead atoms. The van der Waals surface area contributed by atoms with Crippen molar-refractivity contribution in [2.45, 2.75) is 35.8 Å². The van der Waals surface area contributed by atoms with E-state index in [4.69, 9.17) is 5.11 Å². The quantitative estimate of drug-likeness (QED) is 0.196. The molecule has 0 unspecified atom stereocenters. The number of hydrogen-bond acceptors (Lipinski definition) is 3. The SMILES string of the molecule is C=CC(=O)O.FC(F)(F)C(F)(F)C(F)(F)C(F)(F)C(F)(F)C(F)(F)c1ccccc1N=Nc1ccccc1. The van der Waals surface area contributed by atoms with E-state index in [2.05, 4.69) is 16.8 Å². The summed E-state index contributed by atoms with van der Waals surface area (Å²) in [5, 5.41) is 14.1. The fourth-order valence-electron chi connectivity index (χ4n) is 2.37. The molecule has 0 aliphatic rings. The van der Waals surface area contributed by atoms with E-state index in [0.717, 1.165) is 12.1 Å². The van der Waals surface area contributed by atoms with Gasteiger partial charge in [0.05, 0.1) is 16.9 Å². The zero-order chi connectivity index (χ0) is 29.8. The third-order valence-electron chi connectivity index (χ3n) is 4.38. The van der Waals surface area contributed by atoms with Crippen LogP contribution in [-0.2, 0) is 10.7 Å². The Morgan fingerprint density at radius 1 is 0.658 bits per heavy atom. The Bertz CT molecular complexity index is 1150. The number of benzene rings is 2. The number of carboxylic acid groups (broad SMARTS) is 1. The number of azo groups is 1. The second kappa shape index (κ2) is 11.0. The van der Waals surface area contributed by atoms with Gasteiger partial charge >= 0.3 is 41.8 Å². The molecular formula is C21H13F13N2O2. The van der Waals surface area contributed by atoms with Gasteiger partial charge in [-0.1, -0.05) is 43.0 Å². The molecule has 0 aliphatic carbocycles. The maximum atomic E-state index is 14.4. The fraction of sp³-hybridized carbons (Fsp3) is 0.286. The predicted octanol–water partition coefficient (Wildman–Crippen LogP) is 8.55. The predicted molar refractivity (Wildman–Crippen MR) is 105 cm³/mol. The number of alkyl halides is 13. The summed E-state index contributed by atoms with van der Waals surface area (Å²) in [7, 11) is 0. The largest absolute Gasteiger partial charge is 0.478 e. The molecular weight excluding hydrogens is 559 g/mol. The molecule has 17 heteroatoms. The normalized spacial score (nSPS) is 13.6. The Morgan fingerprint density at radius 2 is 1.08 bits per heavy atom. The molecule has 2 aromatic rings. The Balaban J connectivity index is 0.00000132. The van der Waals surface area contributed by atoms with Crippen LogP contribution < -0.4 is 0 Å². The van der Waals surface area contributed by atoms with E-state index in [9.17, 15) is 61.9 Å². The summed E-state index contributed by atoms with van der Waals surface area (Å²) in [6, 6.07) is 8.71.